The maximum absolute atomic E-state index is 13.5. The quantitative estimate of drug-likeness (QED) is 0.564. The molecule has 1 N–H and O–H groups in total. The number of benzene rings is 3. The number of nitrogens with one attached hydrogen (secondary N) is 1. The van der Waals surface area contributed by atoms with Crippen molar-refractivity contribution in [2.75, 3.05) is 7.05 Å². The first kappa shape index (κ1) is 22.6. The zero-order valence-electron chi connectivity index (χ0n) is 17.8. The van der Waals surface area contributed by atoms with E-state index in [2.05, 4.69) is 5.32 Å². The van der Waals surface area contributed by atoms with E-state index < -0.39 is 6.04 Å². The van der Waals surface area contributed by atoms with Gasteiger partial charge in [-0.05, 0) is 41.3 Å². The van der Waals surface area contributed by atoms with Gasteiger partial charge in [-0.3, -0.25) is 9.59 Å². The summed E-state index contributed by atoms with van der Waals surface area (Å²) in [6.45, 7) is 2.29. The summed E-state index contributed by atoms with van der Waals surface area (Å²) in [6, 6.07) is 24.3. The van der Waals surface area contributed by atoms with Crippen molar-refractivity contribution in [3.63, 3.8) is 0 Å². The van der Waals surface area contributed by atoms with Crippen molar-refractivity contribution in [2.24, 2.45) is 0 Å². The first-order valence-electron chi connectivity index (χ1n) is 10.3. The molecular formula is C26H27ClN2O2. The standard InChI is InChI=1S/C26H27ClN2O2/c1-19-9-6-7-13-22(19)17-25(30)29(18-21-12-8-14-23(27)15-21)24(26(31)28-2)16-20-10-4-3-5-11-20/h3-15,24H,16-18H2,1-2H3,(H,28,31)/t24-/m1/s1. The molecule has 0 bridgehead atoms. The molecule has 3 aromatic carbocycles. The highest BCUT2D eigenvalue weighted by Gasteiger charge is 2.30. The molecule has 2 amide bonds. The molecule has 0 saturated carbocycles. The molecule has 0 aliphatic rings. The van der Waals surface area contributed by atoms with Gasteiger partial charge in [-0.1, -0.05) is 78.3 Å². The van der Waals surface area contributed by atoms with Crippen LogP contribution in [0.2, 0.25) is 5.02 Å². The SMILES string of the molecule is CNC(=O)[C@@H](Cc1ccccc1)N(Cc1cccc(Cl)c1)C(=O)Cc1ccccc1C. The molecule has 0 unspecified atom stereocenters. The minimum atomic E-state index is -0.636. The molecule has 5 heteroatoms. The molecule has 3 rings (SSSR count). The summed E-state index contributed by atoms with van der Waals surface area (Å²) in [5.74, 6) is -0.289. The van der Waals surface area contributed by atoms with E-state index in [0.29, 0.717) is 18.0 Å². The number of hydrogen-bond donors (Lipinski definition) is 1. The lowest BCUT2D eigenvalue weighted by Gasteiger charge is -2.31. The van der Waals surface area contributed by atoms with Gasteiger partial charge in [-0.25, -0.2) is 0 Å². The lowest BCUT2D eigenvalue weighted by molar-refractivity contribution is -0.140. The Kier molecular flexibility index (Phi) is 7.85. The lowest BCUT2D eigenvalue weighted by atomic mass is 10.0. The van der Waals surface area contributed by atoms with Crippen LogP contribution in [0.4, 0.5) is 0 Å². The maximum atomic E-state index is 13.5. The Balaban J connectivity index is 1.95. The van der Waals surface area contributed by atoms with Crippen LogP contribution in [0, 0.1) is 6.92 Å². The van der Waals surface area contributed by atoms with Crippen molar-refractivity contribution in [3.8, 4) is 0 Å². The van der Waals surface area contributed by atoms with Gasteiger partial charge in [0.05, 0.1) is 6.42 Å². The van der Waals surface area contributed by atoms with Crippen molar-refractivity contribution in [3.05, 3.63) is 106 Å². The van der Waals surface area contributed by atoms with Crippen LogP contribution in [0.25, 0.3) is 0 Å². The van der Waals surface area contributed by atoms with Crippen molar-refractivity contribution < 1.29 is 9.59 Å². The average Bonchev–Trinajstić information content (AvgIpc) is 2.78. The fourth-order valence-electron chi connectivity index (χ4n) is 3.63. The molecular weight excluding hydrogens is 408 g/mol. The first-order chi connectivity index (χ1) is 15.0. The average molecular weight is 435 g/mol. The van der Waals surface area contributed by atoms with Gasteiger partial charge in [0.15, 0.2) is 0 Å². The Hall–Kier alpha value is -3.11. The number of aryl methyl sites for hydroxylation is 1. The fourth-order valence-corrected chi connectivity index (χ4v) is 3.84. The van der Waals surface area contributed by atoms with Crippen LogP contribution in [-0.4, -0.2) is 29.8 Å². The summed E-state index contributed by atoms with van der Waals surface area (Å²) in [5, 5.41) is 3.33. The number of rotatable bonds is 8. The number of amides is 2. The third-order valence-electron chi connectivity index (χ3n) is 5.36. The van der Waals surface area contributed by atoms with E-state index in [1.165, 1.54) is 0 Å². The van der Waals surface area contributed by atoms with Crippen molar-refractivity contribution in [2.45, 2.75) is 32.4 Å². The Labute approximate surface area is 188 Å². The topological polar surface area (TPSA) is 49.4 Å². The third kappa shape index (κ3) is 6.19. The number of carbonyl (C=O) groups is 2. The molecule has 31 heavy (non-hydrogen) atoms. The Bertz CT molecular complexity index is 1040. The minimum absolute atomic E-state index is 0.0983. The summed E-state index contributed by atoms with van der Waals surface area (Å²) in [5.41, 5.74) is 3.89. The normalized spacial score (nSPS) is 11.6. The number of carbonyl (C=O) groups excluding carboxylic acids is 2. The molecule has 0 saturated heterocycles. The molecule has 4 nitrogen and oxygen atoms in total. The lowest BCUT2D eigenvalue weighted by Crippen LogP contribution is -2.50. The zero-order valence-corrected chi connectivity index (χ0v) is 18.6. The molecule has 0 fully saturated rings. The van der Waals surface area contributed by atoms with E-state index in [-0.39, 0.29) is 18.2 Å². The van der Waals surface area contributed by atoms with Crippen molar-refractivity contribution in [1.82, 2.24) is 10.2 Å². The van der Waals surface area contributed by atoms with E-state index in [1.807, 2.05) is 79.7 Å². The van der Waals surface area contributed by atoms with Gasteiger partial charge >= 0.3 is 0 Å². The molecule has 0 aliphatic carbocycles. The minimum Gasteiger partial charge on any atom is -0.357 e. The predicted octanol–water partition coefficient (Wildman–Crippen LogP) is 4.58. The van der Waals surface area contributed by atoms with Gasteiger partial charge in [-0.15, -0.1) is 0 Å². The van der Waals surface area contributed by atoms with Crippen LogP contribution in [0.1, 0.15) is 22.3 Å². The summed E-state index contributed by atoms with van der Waals surface area (Å²) in [7, 11) is 1.60. The smallest absolute Gasteiger partial charge is 0.242 e. The Morgan fingerprint density at radius 1 is 0.935 bits per heavy atom. The first-order valence-corrected chi connectivity index (χ1v) is 10.7. The molecule has 0 heterocycles. The Morgan fingerprint density at radius 2 is 1.61 bits per heavy atom. The van der Waals surface area contributed by atoms with Crippen LogP contribution in [0.3, 0.4) is 0 Å². The maximum Gasteiger partial charge on any atom is 0.242 e. The second-order valence-electron chi connectivity index (χ2n) is 7.57. The zero-order chi connectivity index (χ0) is 22.2. The van der Waals surface area contributed by atoms with Gasteiger partial charge in [0, 0.05) is 25.0 Å². The molecule has 0 aromatic heterocycles. The van der Waals surface area contributed by atoms with E-state index >= 15 is 0 Å². The van der Waals surface area contributed by atoms with E-state index in [0.717, 1.165) is 22.3 Å². The molecule has 160 valence electrons. The van der Waals surface area contributed by atoms with E-state index in [9.17, 15) is 9.59 Å². The van der Waals surface area contributed by atoms with Gasteiger partial charge in [0.1, 0.15) is 6.04 Å². The van der Waals surface area contributed by atoms with Gasteiger partial charge in [-0.2, -0.15) is 0 Å². The summed E-state index contributed by atoms with van der Waals surface area (Å²) < 4.78 is 0. The number of halogens is 1. The monoisotopic (exact) mass is 434 g/mol. The van der Waals surface area contributed by atoms with Gasteiger partial charge in [0.2, 0.25) is 11.8 Å². The summed E-state index contributed by atoms with van der Waals surface area (Å²) in [4.78, 5) is 28.1. The van der Waals surface area contributed by atoms with Crippen LogP contribution in [0.5, 0.6) is 0 Å². The van der Waals surface area contributed by atoms with Crippen molar-refractivity contribution in [1.29, 1.82) is 0 Å². The molecule has 3 aromatic rings. The van der Waals surface area contributed by atoms with E-state index in [4.69, 9.17) is 11.6 Å². The number of likely N-dealkylation sites (N-methyl/N-ethyl adjacent to an activating group) is 1. The molecule has 0 radical (unpaired) electrons. The van der Waals surface area contributed by atoms with Crippen LogP contribution in [0.15, 0.2) is 78.9 Å². The van der Waals surface area contributed by atoms with Gasteiger partial charge < -0.3 is 10.2 Å². The van der Waals surface area contributed by atoms with Crippen molar-refractivity contribution >= 4 is 23.4 Å². The van der Waals surface area contributed by atoms with E-state index in [1.54, 1.807) is 18.0 Å². The second-order valence-corrected chi connectivity index (χ2v) is 8.01. The Morgan fingerprint density at radius 3 is 2.29 bits per heavy atom. The highest BCUT2D eigenvalue weighted by molar-refractivity contribution is 6.30. The predicted molar refractivity (Wildman–Crippen MR) is 125 cm³/mol. The third-order valence-corrected chi connectivity index (χ3v) is 5.60. The summed E-state index contributed by atoms with van der Waals surface area (Å²) >= 11 is 6.17. The van der Waals surface area contributed by atoms with Crippen LogP contribution < -0.4 is 5.32 Å². The molecule has 0 spiro atoms. The highest BCUT2D eigenvalue weighted by Crippen LogP contribution is 2.19. The van der Waals surface area contributed by atoms with Crippen LogP contribution >= 0.6 is 11.6 Å². The molecule has 1 atom stereocenters. The van der Waals surface area contributed by atoms with Crippen LogP contribution in [-0.2, 0) is 29.0 Å². The highest BCUT2D eigenvalue weighted by atomic mass is 35.5. The number of hydrogen-bond acceptors (Lipinski definition) is 2. The van der Waals surface area contributed by atoms with Gasteiger partial charge in [0.25, 0.3) is 0 Å². The second kappa shape index (κ2) is 10.8. The largest absolute Gasteiger partial charge is 0.357 e. The number of nitrogens with zero attached hydrogens (tertiary/aromatic N) is 1. The molecule has 0 aliphatic heterocycles. The summed E-state index contributed by atoms with van der Waals surface area (Å²) in [6.07, 6.45) is 0.663. The fraction of sp³-hybridized carbons (Fsp3) is 0.231.